The molecule has 8 heteroatoms. The number of benzene rings is 1. The Balaban J connectivity index is 1.85. The van der Waals surface area contributed by atoms with Crippen LogP contribution in [0.1, 0.15) is 34.6 Å². The quantitative estimate of drug-likeness (QED) is 0.864. The Hall–Kier alpha value is -2.74. The van der Waals surface area contributed by atoms with Gasteiger partial charge in [0, 0.05) is 26.1 Å². The molecule has 1 fully saturated rings. The van der Waals surface area contributed by atoms with Gasteiger partial charge in [0.05, 0.1) is 11.4 Å². The highest BCUT2D eigenvalue weighted by atomic mass is 16.5. The van der Waals surface area contributed by atoms with Gasteiger partial charge < -0.3 is 15.2 Å². The maximum absolute atomic E-state index is 12.6. The normalized spacial score (nSPS) is 16.4. The van der Waals surface area contributed by atoms with Gasteiger partial charge in [0.2, 0.25) is 0 Å². The molecule has 132 valence electrons. The van der Waals surface area contributed by atoms with Crippen LogP contribution in [0.2, 0.25) is 0 Å². The number of nitrogens with zero attached hydrogens (tertiary/aromatic N) is 3. The molecule has 0 spiro atoms. The van der Waals surface area contributed by atoms with E-state index in [1.807, 2.05) is 31.2 Å². The molecule has 2 heterocycles. The molecule has 0 saturated carbocycles. The maximum atomic E-state index is 12.6. The van der Waals surface area contributed by atoms with Crippen LogP contribution in [0.5, 0.6) is 0 Å². The molecule has 8 nitrogen and oxygen atoms in total. The number of aromatic nitrogens is 3. The molecule has 2 N–H and O–H groups in total. The lowest BCUT2D eigenvalue weighted by molar-refractivity contribution is -0.148. The van der Waals surface area contributed by atoms with Crippen LogP contribution >= 0.6 is 0 Å². The fourth-order valence-electron chi connectivity index (χ4n) is 2.86. The molecule has 0 radical (unpaired) electrons. The zero-order valence-corrected chi connectivity index (χ0v) is 14.2. The van der Waals surface area contributed by atoms with Crippen molar-refractivity contribution in [3.8, 4) is 5.69 Å². The molecule has 0 unspecified atom stereocenters. The Bertz CT molecular complexity index is 791. The van der Waals surface area contributed by atoms with Crippen molar-refractivity contribution in [1.29, 1.82) is 0 Å². The minimum absolute atomic E-state index is 0.118. The fraction of sp³-hybridized carbons (Fsp3) is 0.412. The standard InChI is InChI=1S/C17H20N4O4/c1-11-3-5-13(6-4-11)21-12(2)14(19-20-21)15(22)18-17(16(23)24)7-9-25-10-8-17/h3-6H,7-10H2,1-2H3,(H,18,22)(H,23,24). The zero-order chi connectivity index (χ0) is 18.0. The van der Waals surface area contributed by atoms with Crippen molar-refractivity contribution in [3.05, 3.63) is 41.2 Å². The largest absolute Gasteiger partial charge is 0.480 e. The van der Waals surface area contributed by atoms with E-state index in [1.54, 1.807) is 11.6 Å². The predicted molar refractivity (Wildman–Crippen MR) is 88.7 cm³/mol. The first kappa shape index (κ1) is 17.1. The molecular weight excluding hydrogens is 324 g/mol. The van der Waals surface area contributed by atoms with Crippen LogP contribution in [0.15, 0.2) is 24.3 Å². The van der Waals surface area contributed by atoms with E-state index in [4.69, 9.17) is 4.74 Å². The second kappa shape index (κ2) is 6.64. The van der Waals surface area contributed by atoms with E-state index in [1.165, 1.54) is 0 Å². The molecular formula is C17H20N4O4. The summed E-state index contributed by atoms with van der Waals surface area (Å²) in [5, 5.41) is 20.2. The summed E-state index contributed by atoms with van der Waals surface area (Å²) < 4.78 is 6.77. The van der Waals surface area contributed by atoms with Gasteiger partial charge in [0.25, 0.3) is 5.91 Å². The number of rotatable bonds is 4. The van der Waals surface area contributed by atoms with Gasteiger partial charge in [-0.05, 0) is 26.0 Å². The number of carbonyl (C=O) groups is 2. The molecule has 1 aromatic carbocycles. The number of hydrogen-bond acceptors (Lipinski definition) is 5. The second-order valence-corrected chi connectivity index (χ2v) is 6.22. The number of aliphatic carboxylic acids is 1. The highest BCUT2D eigenvalue weighted by Crippen LogP contribution is 2.22. The van der Waals surface area contributed by atoms with Crippen LogP contribution in [0.3, 0.4) is 0 Å². The van der Waals surface area contributed by atoms with Gasteiger partial charge >= 0.3 is 5.97 Å². The summed E-state index contributed by atoms with van der Waals surface area (Å²) in [6, 6.07) is 7.65. The van der Waals surface area contributed by atoms with Gasteiger partial charge in [0.15, 0.2) is 5.69 Å². The number of carbonyl (C=O) groups excluding carboxylic acids is 1. The van der Waals surface area contributed by atoms with Crippen LogP contribution in [-0.4, -0.2) is 50.7 Å². The molecule has 2 aromatic rings. The smallest absolute Gasteiger partial charge is 0.329 e. The van der Waals surface area contributed by atoms with Gasteiger partial charge in [-0.15, -0.1) is 5.10 Å². The fourth-order valence-corrected chi connectivity index (χ4v) is 2.86. The second-order valence-electron chi connectivity index (χ2n) is 6.22. The molecule has 1 saturated heterocycles. The van der Waals surface area contributed by atoms with Gasteiger partial charge in [-0.3, -0.25) is 4.79 Å². The molecule has 0 atom stereocenters. The third-order valence-corrected chi connectivity index (χ3v) is 4.50. The van der Waals surface area contributed by atoms with Crippen molar-refractivity contribution in [2.24, 2.45) is 0 Å². The minimum Gasteiger partial charge on any atom is -0.480 e. The van der Waals surface area contributed by atoms with Crippen molar-refractivity contribution in [3.63, 3.8) is 0 Å². The first-order chi connectivity index (χ1) is 11.9. The van der Waals surface area contributed by atoms with E-state index < -0.39 is 17.4 Å². The first-order valence-corrected chi connectivity index (χ1v) is 8.06. The molecule has 0 bridgehead atoms. The molecule has 3 rings (SSSR count). The van der Waals surface area contributed by atoms with Crippen LogP contribution in [0.4, 0.5) is 0 Å². The molecule has 1 amide bonds. The SMILES string of the molecule is Cc1ccc(-n2nnc(C(=O)NC3(C(=O)O)CCOCC3)c2C)cc1. The third kappa shape index (κ3) is 3.25. The lowest BCUT2D eigenvalue weighted by Crippen LogP contribution is -2.57. The lowest BCUT2D eigenvalue weighted by atomic mass is 9.90. The molecule has 25 heavy (non-hydrogen) atoms. The van der Waals surface area contributed by atoms with Crippen molar-refractivity contribution in [2.75, 3.05) is 13.2 Å². The van der Waals surface area contributed by atoms with Crippen LogP contribution < -0.4 is 5.32 Å². The summed E-state index contributed by atoms with van der Waals surface area (Å²) in [6.07, 6.45) is 0.443. The third-order valence-electron chi connectivity index (χ3n) is 4.50. The van der Waals surface area contributed by atoms with Crippen LogP contribution in [0.25, 0.3) is 5.69 Å². The lowest BCUT2D eigenvalue weighted by Gasteiger charge is -2.33. The first-order valence-electron chi connectivity index (χ1n) is 8.06. The summed E-state index contributed by atoms with van der Waals surface area (Å²) >= 11 is 0. The Morgan fingerprint density at radius 3 is 2.44 bits per heavy atom. The van der Waals surface area contributed by atoms with Crippen LogP contribution in [0, 0.1) is 13.8 Å². The number of hydrogen-bond donors (Lipinski definition) is 2. The average molecular weight is 344 g/mol. The number of aryl methyl sites for hydroxylation is 1. The molecule has 1 aromatic heterocycles. The highest BCUT2D eigenvalue weighted by Gasteiger charge is 2.42. The van der Waals surface area contributed by atoms with Crippen molar-refractivity contribution >= 4 is 11.9 Å². The monoisotopic (exact) mass is 344 g/mol. The molecule has 1 aliphatic rings. The number of carboxylic acid groups (broad SMARTS) is 1. The maximum Gasteiger partial charge on any atom is 0.329 e. The Morgan fingerprint density at radius 1 is 1.20 bits per heavy atom. The van der Waals surface area contributed by atoms with Crippen molar-refractivity contribution in [2.45, 2.75) is 32.2 Å². The summed E-state index contributed by atoms with van der Waals surface area (Å²) in [6.45, 7) is 4.30. The van der Waals surface area contributed by atoms with Gasteiger partial charge in [0.1, 0.15) is 5.54 Å². The van der Waals surface area contributed by atoms with Gasteiger partial charge in [-0.1, -0.05) is 22.9 Å². The van der Waals surface area contributed by atoms with E-state index >= 15 is 0 Å². The Morgan fingerprint density at radius 2 is 1.84 bits per heavy atom. The Labute approximate surface area is 144 Å². The number of amides is 1. The van der Waals surface area contributed by atoms with E-state index in [0.29, 0.717) is 18.9 Å². The van der Waals surface area contributed by atoms with E-state index in [9.17, 15) is 14.7 Å². The van der Waals surface area contributed by atoms with Crippen LogP contribution in [-0.2, 0) is 9.53 Å². The van der Waals surface area contributed by atoms with E-state index in [0.717, 1.165) is 11.3 Å². The van der Waals surface area contributed by atoms with Gasteiger partial charge in [-0.2, -0.15) is 0 Å². The van der Waals surface area contributed by atoms with Crippen molar-refractivity contribution < 1.29 is 19.4 Å². The number of ether oxygens (including phenoxy) is 1. The molecule has 1 aliphatic heterocycles. The zero-order valence-electron chi connectivity index (χ0n) is 14.2. The Kier molecular flexibility index (Phi) is 4.54. The summed E-state index contributed by atoms with van der Waals surface area (Å²) in [7, 11) is 0. The highest BCUT2D eigenvalue weighted by molar-refractivity contribution is 5.97. The predicted octanol–water partition coefficient (Wildman–Crippen LogP) is 1.25. The topological polar surface area (TPSA) is 106 Å². The number of carboxylic acids is 1. The van der Waals surface area contributed by atoms with Gasteiger partial charge in [-0.25, -0.2) is 9.48 Å². The van der Waals surface area contributed by atoms with Crippen molar-refractivity contribution in [1.82, 2.24) is 20.3 Å². The average Bonchev–Trinajstić information content (AvgIpc) is 2.98. The summed E-state index contributed by atoms with van der Waals surface area (Å²) in [4.78, 5) is 24.3. The number of nitrogens with one attached hydrogen (secondary N) is 1. The summed E-state index contributed by atoms with van der Waals surface area (Å²) in [5.74, 6) is -1.60. The van der Waals surface area contributed by atoms with E-state index in [-0.39, 0.29) is 18.5 Å². The summed E-state index contributed by atoms with van der Waals surface area (Å²) in [5.41, 5.74) is 1.24. The molecule has 0 aliphatic carbocycles. The minimum atomic E-state index is -1.32. The van der Waals surface area contributed by atoms with E-state index in [2.05, 4.69) is 15.6 Å².